The van der Waals surface area contributed by atoms with Crippen LogP contribution in [0, 0.1) is 0 Å². The number of rotatable bonds is 4. The van der Waals surface area contributed by atoms with Gasteiger partial charge in [-0.15, -0.1) is 0 Å². The van der Waals surface area contributed by atoms with Gasteiger partial charge in [-0.2, -0.15) is 11.8 Å². The number of benzene rings is 1. The Labute approximate surface area is 125 Å². The minimum absolute atomic E-state index is 0.0371. The summed E-state index contributed by atoms with van der Waals surface area (Å²) < 4.78 is 0. The molecular weight excluding hydrogens is 268 g/mol. The molecule has 20 heavy (non-hydrogen) atoms. The molecule has 4 heteroatoms. The van der Waals surface area contributed by atoms with Crippen molar-refractivity contribution in [3.63, 3.8) is 0 Å². The van der Waals surface area contributed by atoms with Gasteiger partial charge in [0.15, 0.2) is 0 Å². The predicted molar refractivity (Wildman–Crippen MR) is 86.0 cm³/mol. The Balaban J connectivity index is 2.12. The van der Waals surface area contributed by atoms with Gasteiger partial charge in [0.1, 0.15) is 0 Å². The molecule has 0 aliphatic carbocycles. The molecule has 2 rings (SSSR count). The summed E-state index contributed by atoms with van der Waals surface area (Å²) >= 11 is 1.79. The summed E-state index contributed by atoms with van der Waals surface area (Å²) in [7, 11) is 0. The average Bonchev–Trinajstić information content (AvgIpc) is 2.47. The normalized spacial score (nSPS) is 20.8. The van der Waals surface area contributed by atoms with E-state index in [2.05, 4.69) is 18.4 Å². The van der Waals surface area contributed by atoms with Gasteiger partial charge >= 0.3 is 0 Å². The summed E-state index contributed by atoms with van der Waals surface area (Å²) in [4.78, 5) is 14.6. The summed E-state index contributed by atoms with van der Waals surface area (Å²) in [6.07, 6.45) is 5.36. The van der Waals surface area contributed by atoms with Gasteiger partial charge in [0.05, 0.1) is 0 Å². The van der Waals surface area contributed by atoms with E-state index < -0.39 is 0 Å². The van der Waals surface area contributed by atoms with Crippen molar-refractivity contribution in [2.24, 2.45) is 5.73 Å². The van der Waals surface area contributed by atoms with Crippen LogP contribution in [0.3, 0.4) is 0 Å². The lowest BCUT2D eigenvalue weighted by Crippen LogP contribution is -2.51. The number of likely N-dealkylation sites (tertiary alicyclic amines) is 1. The first kappa shape index (κ1) is 15.4. The minimum atomic E-state index is 0.0371. The fraction of sp³-hybridized carbons (Fsp3) is 0.562. The average molecular weight is 292 g/mol. The third-order valence-electron chi connectivity index (χ3n) is 3.93. The molecule has 1 aromatic rings. The van der Waals surface area contributed by atoms with Gasteiger partial charge < -0.3 is 10.6 Å². The number of amides is 1. The Morgan fingerprint density at radius 1 is 1.40 bits per heavy atom. The fourth-order valence-corrected chi connectivity index (χ4v) is 3.36. The van der Waals surface area contributed by atoms with Crippen molar-refractivity contribution in [2.75, 3.05) is 12.8 Å². The first-order valence-electron chi connectivity index (χ1n) is 7.28. The van der Waals surface area contributed by atoms with Crippen LogP contribution in [0.15, 0.2) is 24.3 Å². The van der Waals surface area contributed by atoms with Crippen molar-refractivity contribution in [1.82, 2.24) is 4.90 Å². The molecule has 0 radical (unpaired) electrons. The van der Waals surface area contributed by atoms with Crippen molar-refractivity contribution in [3.05, 3.63) is 35.4 Å². The fourth-order valence-electron chi connectivity index (χ4n) is 2.83. The Bertz CT molecular complexity index is 444. The lowest BCUT2D eigenvalue weighted by atomic mass is 9.96. The molecule has 0 aromatic heterocycles. The highest BCUT2D eigenvalue weighted by atomic mass is 32.2. The third kappa shape index (κ3) is 3.55. The largest absolute Gasteiger partial charge is 0.334 e. The first-order chi connectivity index (χ1) is 9.63. The quantitative estimate of drug-likeness (QED) is 0.928. The Morgan fingerprint density at radius 3 is 2.70 bits per heavy atom. The van der Waals surface area contributed by atoms with Gasteiger partial charge in [-0.05, 0) is 50.1 Å². The summed E-state index contributed by atoms with van der Waals surface area (Å²) in [5, 5.41) is 0. The molecular formula is C16H24N2OS. The zero-order valence-electron chi connectivity index (χ0n) is 12.3. The molecule has 1 saturated heterocycles. The molecule has 1 aliphatic heterocycles. The van der Waals surface area contributed by atoms with Crippen molar-refractivity contribution >= 4 is 17.7 Å². The van der Waals surface area contributed by atoms with E-state index in [1.165, 1.54) is 12.0 Å². The number of hydrogen-bond donors (Lipinski definition) is 1. The second-order valence-corrected chi connectivity index (χ2v) is 6.42. The molecule has 0 saturated carbocycles. The monoisotopic (exact) mass is 292 g/mol. The highest BCUT2D eigenvalue weighted by Crippen LogP contribution is 2.22. The summed E-state index contributed by atoms with van der Waals surface area (Å²) in [5.74, 6) is 1.11. The maximum absolute atomic E-state index is 12.6. The second-order valence-electron chi connectivity index (χ2n) is 5.55. The van der Waals surface area contributed by atoms with Crippen molar-refractivity contribution in [3.8, 4) is 0 Å². The van der Waals surface area contributed by atoms with E-state index in [1.54, 1.807) is 11.8 Å². The lowest BCUT2D eigenvalue weighted by molar-refractivity contribution is 0.0584. The molecule has 1 aliphatic rings. The van der Waals surface area contributed by atoms with Gasteiger partial charge in [0.2, 0.25) is 0 Å². The van der Waals surface area contributed by atoms with E-state index >= 15 is 0 Å². The van der Waals surface area contributed by atoms with Crippen LogP contribution in [0.2, 0.25) is 0 Å². The van der Waals surface area contributed by atoms with E-state index in [0.29, 0.717) is 0 Å². The summed E-state index contributed by atoms with van der Waals surface area (Å²) in [5.41, 5.74) is 8.08. The standard InChI is InChI=1S/C16H24N2OS/c1-12(17)15-5-3-4-10-18(15)16(19)14-8-6-13(7-9-14)11-20-2/h6-9,12,15H,3-5,10-11,17H2,1-2H3/t12-,15+/m1/s1. The number of thioether (sulfide) groups is 1. The maximum Gasteiger partial charge on any atom is 0.254 e. The molecule has 110 valence electrons. The van der Waals surface area contributed by atoms with E-state index in [-0.39, 0.29) is 18.0 Å². The lowest BCUT2D eigenvalue weighted by Gasteiger charge is -2.38. The van der Waals surface area contributed by atoms with Crippen LogP contribution in [0.5, 0.6) is 0 Å². The number of carbonyl (C=O) groups excluding carboxylic acids is 1. The van der Waals surface area contributed by atoms with Crippen LogP contribution >= 0.6 is 11.8 Å². The van der Waals surface area contributed by atoms with Crippen LogP contribution in [-0.4, -0.2) is 35.7 Å². The SMILES string of the molecule is CSCc1ccc(C(=O)N2CCCC[C@H]2[C@@H](C)N)cc1. The molecule has 0 unspecified atom stereocenters. The van der Waals surface area contributed by atoms with Gasteiger partial charge in [0, 0.05) is 29.9 Å². The van der Waals surface area contributed by atoms with E-state index in [0.717, 1.165) is 30.7 Å². The molecule has 2 N–H and O–H groups in total. The Hall–Kier alpha value is -1.00. The van der Waals surface area contributed by atoms with Gasteiger partial charge in [-0.25, -0.2) is 0 Å². The molecule has 1 aromatic carbocycles. The molecule has 1 heterocycles. The third-order valence-corrected chi connectivity index (χ3v) is 4.55. The van der Waals surface area contributed by atoms with Crippen LogP contribution in [0.1, 0.15) is 42.1 Å². The summed E-state index contributed by atoms with van der Waals surface area (Å²) in [6, 6.07) is 8.21. The Kier molecular flexibility index (Phi) is 5.49. The molecule has 3 nitrogen and oxygen atoms in total. The van der Waals surface area contributed by atoms with Crippen molar-refractivity contribution < 1.29 is 4.79 Å². The molecule has 0 bridgehead atoms. The highest BCUT2D eigenvalue weighted by Gasteiger charge is 2.29. The van der Waals surface area contributed by atoms with E-state index in [4.69, 9.17) is 5.73 Å². The molecule has 2 atom stereocenters. The van der Waals surface area contributed by atoms with E-state index in [9.17, 15) is 4.79 Å². The topological polar surface area (TPSA) is 46.3 Å². The second kappa shape index (κ2) is 7.14. The smallest absolute Gasteiger partial charge is 0.254 e. The molecule has 1 amide bonds. The van der Waals surface area contributed by atoms with Crippen LogP contribution in [0.25, 0.3) is 0 Å². The number of piperidine rings is 1. The minimum Gasteiger partial charge on any atom is -0.334 e. The van der Waals surface area contributed by atoms with Gasteiger partial charge in [0.25, 0.3) is 5.91 Å². The molecule has 0 spiro atoms. The number of nitrogens with zero attached hydrogens (tertiary/aromatic N) is 1. The van der Waals surface area contributed by atoms with Crippen LogP contribution in [0.4, 0.5) is 0 Å². The van der Waals surface area contributed by atoms with Crippen molar-refractivity contribution in [2.45, 2.75) is 44.0 Å². The highest BCUT2D eigenvalue weighted by molar-refractivity contribution is 7.97. The predicted octanol–water partition coefficient (Wildman–Crippen LogP) is 2.89. The maximum atomic E-state index is 12.6. The summed E-state index contributed by atoms with van der Waals surface area (Å²) in [6.45, 7) is 2.83. The number of nitrogens with two attached hydrogens (primary N) is 1. The van der Waals surface area contributed by atoms with Crippen LogP contribution < -0.4 is 5.73 Å². The van der Waals surface area contributed by atoms with Crippen LogP contribution in [-0.2, 0) is 5.75 Å². The van der Waals surface area contributed by atoms with Gasteiger partial charge in [-0.1, -0.05) is 12.1 Å². The van der Waals surface area contributed by atoms with E-state index in [1.807, 2.05) is 24.0 Å². The van der Waals surface area contributed by atoms with Crippen molar-refractivity contribution in [1.29, 1.82) is 0 Å². The van der Waals surface area contributed by atoms with Gasteiger partial charge in [-0.3, -0.25) is 4.79 Å². The zero-order chi connectivity index (χ0) is 14.5. The number of hydrogen-bond acceptors (Lipinski definition) is 3. The molecule has 1 fully saturated rings. The Morgan fingerprint density at radius 2 is 2.10 bits per heavy atom. The zero-order valence-corrected chi connectivity index (χ0v) is 13.2. The number of carbonyl (C=O) groups is 1. The first-order valence-corrected chi connectivity index (χ1v) is 8.67.